The number of carbonyl (C=O) groups excluding carboxylic acids is 1. The van der Waals surface area contributed by atoms with E-state index in [0.29, 0.717) is 0 Å². The van der Waals surface area contributed by atoms with Crippen LogP contribution in [0.4, 0.5) is 10.1 Å². The van der Waals surface area contributed by atoms with Crippen molar-refractivity contribution in [3.63, 3.8) is 0 Å². The summed E-state index contributed by atoms with van der Waals surface area (Å²) in [5, 5.41) is 11.3. The first kappa shape index (κ1) is 13.7. The molecule has 0 aliphatic rings. The first-order valence-corrected chi connectivity index (χ1v) is 5.15. The lowest BCUT2D eigenvalue weighted by atomic mass is 10.1. The topological polar surface area (TPSA) is 92.4 Å². The SMILES string of the molecule is CC(=O)NCC=Cc1cc(F)cc(C(=O)O)c1N. The maximum absolute atomic E-state index is 13.2. The van der Waals surface area contributed by atoms with Crippen LogP contribution in [0.15, 0.2) is 18.2 Å². The molecule has 0 fully saturated rings. The summed E-state index contributed by atoms with van der Waals surface area (Å²) in [5.41, 5.74) is 5.58. The molecule has 0 atom stereocenters. The lowest BCUT2D eigenvalue weighted by molar-refractivity contribution is -0.118. The predicted molar refractivity (Wildman–Crippen MR) is 65.5 cm³/mol. The van der Waals surface area contributed by atoms with Crippen molar-refractivity contribution in [2.75, 3.05) is 12.3 Å². The van der Waals surface area contributed by atoms with Crippen LogP contribution in [0, 0.1) is 5.82 Å². The van der Waals surface area contributed by atoms with Crippen LogP contribution < -0.4 is 11.1 Å². The standard InChI is InChI=1S/C12H13FN2O3/c1-7(16)15-4-2-3-8-5-9(13)6-10(11(8)14)12(17)18/h2-3,5-6H,4,14H2,1H3,(H,15,16)(H,17,18). The molecule has 6 heteroatoms. The lowest BCUT2D eigenvalue weighted by Crippen LogP contribution is -2.19. The van der Waals surface area contributed by atoms with Gasteiger partial charge in [0.25, 0.3) is 0 Å². The highest BCUT2D eigenvalue weighted by molar-refractivity contribution is 5.95. The third-order valence-electron chi connectivity index (χ3n) is 2.17. The van der Waals surface area contributed by atoms with E-state index in [-0.39, 0.29) is 29.3 Å². The van der Waals surface area contributed by atoms with Gasteiger partial charge in [-0.15, -0.1) is 0 Å². The number of hydrogen-bond acceptors (Lipinski definition) is 3. The minimum atomic E-state index is -1.29. The number of carboxylic acids is 1. The van der Waals surface area contributed by atoms with Gasteiger partial charge in [-0.2, -0.15) is 0 Å². The molecule has 0 radical (unpaired) electrons. The first-order valence-electron chi connectivity index (χ1n) is 5.15. The summed E-state index contributed by atoms with van der Waals surface area (Å²) in [5.74, 6) is -2.16. The molecule has 1 amide bonds. The van der Waals surface area contributed by atoms with E-state index in [4.69, 9.17) is 10.8 Å². The van der Waals surface area contributed by atoms with Gasteiger partial charge in [-0.05, 0) is 12.1 Å². The summed E-state index contributed by atoms with van der Waals surface area (Å²) in [6.07, 6.45) is 3.01. The van der Waals surface area contributed by atoms with E-state index < -0.39 is 11.8 Å². The molecule has 18 heavy (non-hydrogen) atoms. The number of rotatable bonds is 4. The molecular weight excluding hydrogens is 239 g/mol. The van der Waals surface area contributed by atoms with E-state index in [0.717, 1.165) is 12.1 Å². The molecule has 5 nitrogen and oxygen atoms in total. The molecule has 0 heterocycles. The number of carbonyl (C=O) groups is 2. The third kappa shape index (κ3) is 3.58. The van der Waals surface area contributed by atoms with Crippen LogP contribution in [0.2, 0.25) is 0 Å². The summed E-state index contributed by atoms with van der Waals surface area (Å²) in [7, 11) is 0. The maximum Gasteiger partial charge on any atom is 0.337 e. The van der Waals surface area contributed by atoms with Gasteiger partial charge >= 0.3 is 5.97 Å². The predicted octanol–water partition coefficient (Wildman–Crippen LogP) is 1.26. The summed E-state index contributed by atoms with van der Waals surface area (Å²) < 4.78 is 13.2. The van der Waals surface area contributed by atoms with Crippen molar-refractivity contribution < 1.29 is 19.1 Å². The van der Waals surface area contributed by atoms with Crippen LogP contribution in [0.1, 0.15) is 22.8 Å². The zero-order valence-corrected chi connectivity index (χ0v) is 9.74. The normalized spacial score (nSPS) is 10.6. The zero-order valence-electron chi connectivity index (χ0n) is 9.74. The Labute approximate surface area is 103 Å². The number of hydrogen-bond donors (Lipinski definition) is 3. The third-order valence-corrected chi connectivity index (χ3v) is 2.17. The van der Waals surface area contributed by atoms with Crippen LogP contribution >= 0.6 is 0 Å². The number of halogens is 1. The summed E-state index contributed by atoms with van der Waals surface area (Å²) in [6, 6.07) is 1.99. The molecule has 0 unspecified atom stereocenters. The Kier molecular flexibility index (Phi) is 4.42. The number of amides is 1. The van der Waals surface area contributed by atoms with Gasteiger partial charge < -0.3 is 16.2 Å². The second kappa shape index (κ2) is 5.81. The molecule has 1 aromatic carbocycles. The second-order valence-electron chi connectivity index (χ2n) is 3.60. The number of aromatic carboxylic acids is 1. The molecule has 1 aromatic rings. The van der Waals surface area contributed by atoms with Crippen molar-refractivity contribution in [3.05, 3.63) is 35.2 Å². The van der Waals surface area contributed by atoms with Gasteiger partial charge in [0.05, 0.1) is 11.3 Å². The van der Waals surface area contributed by atoms with E-state index in [1.54, 1.807) is 6.08 Å². The maximum atomic E-state index is 13.2. The van der Waals surface area contributed by atoms with Crippen LogP contribution in [-0.4, -0.2) is 23.5 Å². The van der Waals surface area contributed by atoms with Crippen molar-refractivity contribution in [3.8, 4) is 0 Å². The Balaban J connectivity index is 2.95. The van der Waals surface area contributed by atoms with E-state index in [1.807, 2.05) is 0 Å². The van der Waals surface area contributed by atoms with Crippen LogP contribution in [-0.2, 0) is 4.79 Å². The molecular formula is C12H13FN2O3. The fourth-order valence-electron chi connectivity index (χ4n) is 1.34. The zero-order chi connectivity index (χ0) is 13.7. The monoisotopic (exact) mass is 252 g/mol. The van der Waals surface area contributed by atoms with E-state index in [2.05, 4.69) is 5.32 Å². The van der Waals surface area contributed by atoms with Crippen molar-refractivity contribution in [2.24, 2.45) is 0 Å². The highest BCUT2D eigenvalue weighted by Crippen LogP contribution is 2.21. The highest BCUT2D eigenvalue weighted by atomic mass is 19.1. The van der Waals surface area contributed by atoms with Gasteiger partial charge in [0.2, 0.25) is 5.91 Å². The molecule has 0 saturated carbocycles. The molecule has 4 N–H and O–H groups in total. The number of anilines is 1. The Hall–Kier alpha value is -2.37. The van der Waals surface area contributed by atoms with E-state index >= 15 is 0 Å². The number of nitrogens with one attached hydrogen (secondary N) is 1. The Morgan fingerprint density at radius 3 is 2.72 bits per heavy atom. The second-order valence-corrected chi connectivity index (χ2v) is 3.60. The van der Waals surface area contributed by atoms with Crippen LogP contribution in [0.25, 0.3) is 6.08 Å². The Morgan fingerprint density at radius 1 is 1.50 bits per heavy atom. The van der Waals surface area contributed by atoms with Gasteiger partial charge in [-0.3, -0.25) is 4.79 Å². The van der Waals surface area contributed by atoms with Gasteiger partial charge in [0.15, 0.2) is 0 Å². The van der Waals surface area contributed by atoms with E-state index in [9.17, 15) is 14.0 Å². The number of nitrogens with two attached hydrogens (primary N) is 1. The van der Waals surface area contributed by atoms with Crippen molar-refractivity contribution in [1.82, 2.24) is 5.32 Å². The Morgan fingerprint density at radius 2 is 2.17 bits per heavy atom. The molecule has 0 saturated heterocycles. The summed E-state index contributed by atoms with van der Waals surface area (Å²) in [4.78, 5) is 21.4. The molecule has 0 aliphatic carbocycles. The number of carboxylic acid groups (broad SMARTS) is 1. The van der Waals surface area contributed by atoms with Crippen molar-refractivity contribution >= 4 is 23.6 Å². The molecule has 0 aliphatic heterocycles. The smallest absolute Gasteiger partial charge is 0.337 e. The molecule has 1 rings (SSSR count). The number of benzene rings is 1. The van der Waals surface area contributed by atoms with Crippen LogP contribution in [0.5, 0.6) is 0 Å². The summed E-state index contributed by atoms with van der Waals surface area (Å²) >= 11 is 0. The largest absolute Gasteiger partial charge is 0.478 e. The average Bonchev–Trinajstić information content (AvgIpc) is 2.27. The van der Waals surface area contributed by atoms with Gasteiger partial charge in [0, 0.05) is 19.0 Å². The van der Waals surface area contributed by atoms with Crippen molar-refractivity contribution in [1.29, 1.82) is 0 Å². The van der Waals surface area contributed by atoms with Gasteiger partial charge in [0.1, 0.15) is 5.82 Å². The van der Waals surface area contributed by atoms with E-state index in [1.165, 1.54) is 13.0 Å². The van der Waals surface area contributed by atoms with Crippen molar-refractivity contribution in [2.45, 2.75) is 6.92 Å². The number of nitrogen functional groups attached to an aromatic ring is 1. The van der Waals surface area contributed by atoms with Gasteiger partial charge in [-0.25, -0.2) is 9.18 Å². The summed E-state index contributed by atoms with van der Waals surface area (Å²) in [6.45, 7) is 1.63. The molecule has 0 spiro atoms. The molecule has 96 valence electrons. The minimum absolute atomic E-state index is 0.0111. The quantitative estimate of drug-likeness (QED) is 0.703. The Bertz CT molecular complexity index is 512. The molecule has 0 bridgehead atoms. The first-order chi connectivity index (χ1) is 8.41. The minimum Gasteiger partial charge on any atom is -0.478 e. The molecule has 0 aromatic heterocycles. The lowest BCUT2D eigenvalue weighted by Gasteiger charge is -2.05. The average molecular weight is 252 g/mol. The highest BCUT2D eigenvalue weighted by Gasteiger charge is 2.12. The van der Waals surface area contributed by atoms with Crippen LogP contribution in [0.3, 0.4) is 0 Å². The van der Waals surface area contributed by atoms with Gasteiger partial charge in [-0.1, -0.05) is 12.2 Å². The fraction of sp³-hybridized carbons (Fsp3) is 0.167. The fourth-order valence-corrected chi connectivity index (χ4v) is 1.34.